The van der Waals surface area contributed by atoms with Crippen molar-refractivity contribution in [1.82, 2.24) is 0 Å². The minimum atomic E-state index is -4.26. The first kappa shape index (κ1) is 12.2. The van der Waals surface area contributed by atoms with Crippen molar-refractivity contribution < 1.29 is 23.6 Å². The van der Waals surface area contributed by atoms with Gasteiger partial charge in [-0.25, -0.2) is 0 Å². The summed E-state index contributed by atoms with van der Waals surface area (Å²) in [6.07, 6.45) is 0. The van der Waals surface area contributed by atoms with E-state index < -0.39 is 19.6 Å². The first-order chi connectivity index (χ1) is 6.13. The maximum absolute atomic E-state index is 10.1. The zero-order valence-electron chi connectivity index (χ0n) is 7.26. The molecule has 0 heterocycles. The van der Waals surface area contributed by atoms with Crippen LogP contribution in [0.25, 0.3) is 0 Å². The number of hydrogen-bond donors (Lipinski definition) is 0. The Balaban J connectivity index is 4.65. The fourth-order valence-electron chi connectivity index (χ4n) is 0.693. The van der Waals surface area contributed by atoms with Crippen LogP contribution in [0, 0.1) is 0 Å². The molecule has 0 amide bonds. The Morgan fingerprint density at radius 1 is 0.923 bits per heavy atom. The van der Waals surface area contributed by atoms with Crippen LogP contribution in [0.4, 0.5) is 0 Å². The monoisotopic (exact) mass is 298 g/mol. The molecule has 74 valence electrons. The first-order valence-electron chi connectivity index (χ1n) is 3.47. The first-order valence-corrected chi connectivity index (χ1v) is 8.61. The predicted octanol–water partition coefficient (Wildman–Crippen LogP) is -0.146. The van der Waals surface area contributed by atoms with Gasteiger partial charge in [0.1, 0.15) is 0 Å². The Hall–Kier alpha value is -0.791. The van der Waals surface area contributed by atoms with E-state index >= 15 is 0 Å². The summed E-state index contributed by atoms with van der Waals surface area (Å²) >= 11 is -4.26. The zero-order chi connectivity index (χ0) is 10.3. The van der Waals surface area contributed by atoms with Crippen molar-refractivity contribution in [3.05, 3.63) is 0 Å². The van der Waals surface area contributed by atoms with E-state index in [-0.39, 0.29) is 23.4 Å². The van der Waals surface area contributed by atoms with Gasteiger partial charge in [0.15, 0.2) is 0 Å². The molecular weight excluding hydrogens is 287 g/mol. The molecule has 0 N–H and O–H groups in total. The number of carbonyl (C=O) groups excluding carboxylic acids is 3. The van der Waals surface area contributed by atoms with Gasteiger partial charge < -0.3 is 0 Å². The van der Waals surface area contributed by atoms with Gasteiger partial charge in [0.2, 0.25) is 0 Å². The van der Waals surface area contributed by atoms with E-state index in [1.807, 2.05) is 0 Å². The Labute approximate surface area is 80.7 Å². The molecule has 7 heteroatoms. The van der Waals surface area contributed by atoms with E-state index in [1.165, 1.54) is 0 Å². The minimum absolute atomic E-state index is 0.128. The van der Waals surface area contributed by atoms with Crippen LogP contribution in [-0.2, 0) is 23.6 Å². The zero-order valence-corrected chi connectivity index (χ0v) is 10.1. The van der Waals surface area contributed by atoms with Crippen LogP contribution in [0.5, 0.6) is 0 Å². The van der Waals surface area contributed by atoms with Crippen LogP contribution in [0.3, 0.4) is 0 Å². The summed E-state index contributed by atoms with van der Waals surface area (Å²) in [4.78, 5) is 30.3. The van der Waals surface area contributed by atoms with Crippen molar-refractivity contribution >= 4 is 39.0 Å². The Bertz CT molecular complexity index is 165. The van der Waals surface area contributed by atoms with E-state index in [0.717, 1.165) is 0 Å². The quantitative estimate of drug-likeness (QED) is 0.480. The van der Waals surface area contributed by atoms with Crippen molar-refractivity contribution in [3.8, 4) is 0 Å². The summed E-state index contributed by atoms with van der Waals surface area (Å²) in [5, 5.41) is 0. The summed E-state index contributed by atoms with van der Waals surface area (Å²) in [5.41, 5.74) is 0. The molecule has 0 aromatic rings. The van der Waals surface area contributed by atoms with Crippen molar-refractivity contribution in [2.45, 2.75) is 17.8 Å². The summed E-state index contributed by atoms with van der Waals surface area (Å²) in [6, 6.07) is 0. The molecule has 0 fully saturated rings. The van der Waals surface area contributed by atoms with Gasteiger partial charge in [0.05, 0.1) is 0 Å². The van der Waals surface area contributed by atoms with Crippen LogP contribution in [-0.4, -0.2) is 39.0 Å². The average Bonchev–Trinajstić information content (AvgIpc) is 2.05. The molecule has 6 nitrogen and oxygen atoms in total. The van der Waals surface area contributed by atoms with Gasteiger partial charge in [-0.1, -0.05) is 0 Å². The average molecular weight is 297 g/mol. The molecular formula is C6H10O6Sn. The van der Waals surface area contributed by atoms with Crippen molar-refractivity contribution in [2.75, 3.05) is 0 Å². The molecule has 0 rings (SSSR count). The third-order valence-corrected chi connectivity index (χ3v) is 9.02. The molecule has 0 atom stereocenters. The normalized spacial score (nSPS) is 10.4. The second-order valence-electron chi connectivity index (χ2n) is 2.40. The van der Waals surface area contributed by atoms with Gasteiger partial charge in [0.25, 0.3) is 0 Å². The Kier molecular flexibility index (Phi) is 5.43. The van der Waals surface area contributed by atoms with Crippen molar-refractivity contribution in [2.24, 2.45) is 0 Å². The van der Waals surface area contributed by atoms with Crippen LogP contribution >= 0.6 is 0 Å². The van der Waals surface area contributed by atoms with Crippen molar-refractivity contribution in [1.29, 1.82) is 0 Å². The van der Waals surface area contributed by atoms with E-state index in [9.17, 15) is 14.4 Å². The van der Waals surface area contributed by atoms with Crippen LogP contribution < -0.4 is 0 Å². The van der Waals surface area contributed by atoms with Gasteiger partial charge in [-0.05, 0) is 0 Å². The van der Waals surface area contributed by atoms with Gasteiger partial charge in [-0.2, -0.15) is 0 Å². The van der Waals surface area contributed by atoms with E-state index in [2.05, 4.69) is 9.22 Å². The molecule has 0 aliphatic carbocycles. The third kappa shape index (κ3) is 3.21. The molecule has 0 spiro atoms. The fourth-order valence-corrected chi connectivity index (χ4v) is 4.65. The van der Waals surface area contributed by atoms with Gasteiger partial charge >= 0.3 is 80.4 Å². The Morgan fingerprint density at radius 2 is 1.23 bits per heavy atom. The summed E-state index contributed by atoms with van der Waals surface area (Å²) in [7, 11) is 0. The molecule has 0 saturated carbocycles. The molecule has 13 heavy (non-hydrogen) atoms. The molecule has 0 aromatic heterocycles. The molecule has 0 aliphatic rings. The van der Waals surface area contributed by atoms with Crippen LogP contribution in [0.15, 0.2) is 0 Å². The molecule has 0 bridgehead atoms. The molecule has 0 unspecified atom stereocenters. The molecule has 0 radical (unpaired) electrons. The third-order valence-electron chi connectivity index (χ3n) is 1.34. The number of hydrogen-bond acceptors (Lipinski definition) is 6. The molecule has 0 saturated heterocycles. The van der Waals surface area contributed by atoms with Crippen LogP contribution in [0.1, 0.15) is 13.8 Å². The van der Waals surface area contributed by atoms with E-state index in [1.54, 1.807) is 13.8 Å². The van der Waals surface area contributed by atoms with Gasteiger partial charge in [-0.15, -0.1) is 0 Å². The summed E-state index contributed by atoms with van der Waals surface area (Å²) in [5.74, 6) is 0. The number of carbonyl (C=O) groups is 3. The van der Waals surface area contributed by atoms with Gasteiger partial charge in [0, 0.05) is 0 Å². The van der Waals surface area contributed by atoms with Crippen molar-refractivity contribution in [3.63, 3.8) is 0 Å². The van der Waals surface area contributed by atoms with Gasteiger partial charge in [-0.3, -0.25) is 0 Å². The molecule has 0 aromatic carbocycles. The fraction of sp³-hybridized carbons (Fsp3) is 0.500. The number of rotatable bonds is 7. The van der Waals surface area contributed by atoms with Crippen LogP contribution in [0.2, 0.25) is 3.93 Å². The predicted molar refractivity (Wildman–Crippen MR) is 42.3 cm³/mol. The topological polar surface area (TPSA) is 78.9 Å². The second kappa shape index (κ2) is 5.79. The SMILES string of the molecule is C[CH](C)[Sn]([O]C=O)([O]C=O)[O]C=O. The van der Waals surface area contributed by atoms with E-state index in [0.29, 0.717) is 0 Å². The second-order valence-corrected chi connectivity index (χ2v) is 11.2. The van der Waals surface area contributed by atoms with E-state index in [4.69, 9.17) is 0 Å². The summed E-state index contributed by atoms with van der Waals surface area (Å²) in [6.45, 7) is 3.68. The Morgan fingerprint density at radius 3 is 1.38 bits per heavy atom. The standard InChI is InChI=1S/C3H7.3CH2O2.Sn/c1-3-2;3*2-1-3;/h3H,1-2H3;3*1H,(H,2,3);/q;;;;+3/p-3. The maximum atomic E-state index is 10.1. The summed E-state index contributed by atoms with van der Waals surface area (Å²) < 4.78 is 13.5. The molecule has 0 aliphatic heterocycles.